The van der Waals surface area contributed by atoms with Gasteiger partial charge in [0.25, 0.3) is 5.91 Å². The van der Waals surface area contributed by atoms with Crippen LogP contribution in [0.5, 0.6) is 0 Å². The maximum atomic E-state index is 12.3. The average molecular weight is 275 g/mol. The summed E-state index contributed by atoms with van der Waals surface area (Å²) in [4.78, 5) is 31.4. The Morgan fingerprint density at radius 1 is 1.37 bits per heavy atom. The highest BCUT2D eigenvalue weighted by Crippen LogP contribution is 2.20. The van der Waals surface area contributed by atoms with E-state index in [0.717, 1.165) is 10.2 Å². The second kappa shape index (κ2) is 4.62. The van der Waals surface area contributed by atoms with E-state index in [1.54, 1.807) is 45.8 Å². The van der Waals surface area contributed by atoms with Gasteiger partial charge in [-0.05, 0) is 18.2 Å². The van der Waals surface area contributed by atoms with Gasteiger partial charge >= 0.3 is 0 Å². The molecule has 0 aliphatic carbocycles. The number of hydrogen-bond donors (Lipinski definition) is 0. The first kappa shape index (κ1) is 12.1. The Kier molecular flexibility index (Phi) is 2.94. The first-order chi connectivity index (χ1) is 9.15. The average Bonchev–Trinajstić information content (AvgIpc) is 2.88. The van der Waals surface area contributed by atoms with E-state index in [1.807, 2.05) is 6.07 Å². The van der Waals surface area contributed by atoms with Crippen molar-refractivity contribution >= 4 is 33.4 Å². The van der Waals surface area contributed by atoms with Crippen LogP contribution < -0.4 is 0 Å². The summed E-state index contributed by atoms with van der Waals surface area (Å²) >= 11 is 1.55. The number of aromatic nitrogens is 1. The highest BCUT2D eigenvalue weighted by atomic mass is 32.1. The van der Waals surface area contributed by atoms with Crippen LogP contribution in [0.25, 0.3) is 10.2 Å². The molecule has 1 aliphatic heterocycles. The Labute approximate surface area is 114 Å². The molecule has 19 heavy (non-hydrogen) atoms. The van der Waals surface area contributed by atoms with E-state index in [-0.39, 0.29) is 18.4 Å². The minimum absolute atomic E-state index is 0.0191. The van der Waals surface area contributed by atoms with Crippen molar-refractivity contribution in [2.45, 2.75) is 0 Å². The van der Waals surface area contributed by atoms with Gasteiger partial charge in [-0.15, -0.1) is 11.3 Å². The molecule has 98 valence electrons. The van der Waals surface area contributed by atoms with Crippen molar-refractivity contribution in [3.63, 3.8) is 0 Å². The zero-order valence-corrected chi connectivity index (χ0v) is 11.3. The molecule has 1 aliphatic rings. The van der Waals surface area contributed by atoms with Gasteiger partial charge in [-0.25, -0.2) is 4.98 Å². The minimum atomic E-state index is -0.101. The quantitative estimate of drug-likeness (QED) is 0.786. The summed E-state index contributed by atoms with van der Waals surface area (Å²) in [5.74, 6) is -0.120. The zero-order chi connectivity index (χ0) is 13.4. The maximum absolute atomic E-state index is 12.3. The van der Waals surface area contributed by atoms with Crippen molar-refractivity contribution in [2.75, 3.05) is 26.7 Å². The number of piperazine rings is 1. The lowest BCUT2D eigenvalue weighted by Crippen LogP contribution is -2.50. The number of thiazole rings is 1. The van der Waals surface area contributed by atoms with E-state index >= 15 is 0 Å². The minimum Gasteiger partial charge on any atom is -0.342 e. The summed E-state index contributed by atoms with van der Waals surface area (Å²) in [7, 11) is 1.76. The van der Waals surface area contributed by atoms with Gasteiger partial charge in [0, 0.05) is 25.7 Å². The van der Waals surface area contributed by atoms with E-state index in [2.05, 4.69) is 4.98 Å². The van der Waals surface area contributed by atoms with Gasteiger partial charge in [0.05, 0.1) is 15.7 Å². The Balaban J connectivity index is 1.85. The van der Waals surface area contributed by atoms with Crippen LogP contribution in [0.15, 0.2) is 23.7 Å². The molecule has 0 spiro atoms. The summed E-state index contributed by atoms with van der Waals surface area (Å²) in [5, 5.41) is 0. The lowest BCUT2D eigenvalue weighted by atomic mass is 10.1. The second-order valence-corrected chi connectivity index (χ2v) is 5.46. The van der Waals surface area contributed by atoms with E-state index in [1.165, 1.54) is 0 Å². The van der Waals surface area contributed by atoms with Crippen molar-refractivity contribution in [3.05, 3.63) is 29.3 Å². The van der Waals surface area contributed by atoms with Gasteiger partial charge in [0.15, 0.2) is 0 Å². The highest BCUT2D eigenvalue weighted by molar-refractivity contribution is 7.16. The van der Waals surface area contributed by atoms with Crippen LogP contribution in [-0.4, -0.2) is 53.3 Å². The fraction of sp³-hybridized carbons (Fsp3) is 0.308. The largest absolute Gasteiger partial charge is 0.342 e. The Morgan fingerprint density at radius 3 is 3.00 bits per heavy atom. The van der Waals surface area contributed by atoms with Crippen LogP contribution in [-0.2, 0) is 4.79 Å². The third-order valence-electron chi connectivity index (χ3n) is 3.32. The summed E-state index contributed by atoms with van der Waals surface area (Å²) in [6.45, 7) is 1.32. The fourth-order valence-electron chi connectivity index (χ4n) is 2.11. The first-order valence-corrected chi connectivity index (χ1v) is 6.89. The Bertz CT molecular complexity index is 652. The molecular weight excluding hydrogens is 262 g/mol. The number of amides is 2. The number of fused-ring (bicyclic) bond motifs is 1. The van der Waals surface area contributed by atoms with Gasteiger partial charge in [0.1, 0.15) is 6.54 Å². The molecule has 1 aromatic heterocycles. The van der Waals surface area contributed by atoms with Gasteiger partial charge in [-0.3, -0.25) is 9.59 Å². The van der Waals surface area contributed by atoms with Crippen molar-refractivity contribution < 1.29 is 9.59 Å². The van der Waals surface area contributed by atoms with Crippen LogP contribution in [0.4, 0.5) is 0 Å². The number of carbonyl (C=O) groups excluding carboxylic acids is 2. The normalized spacial score (nSPS) is 16.2. The molecule has 1 fully saturated rings. The number of nitrogens with zero attached hydrogens (tertiary/aromatic N) is 3. The second-order valence-electron chi connectivity index (χ2n) is 4.58. The predicted octanol–water partition coefficient (Wildman–Crippen LogP) is 1.21. The van der Waals surface area contributed by atoms with Gasteiger partial charge in [-0.1, -0.05) is 0 Å². The first-order valence-electron chi connectivity index (χ1n) is 6.01. The van der Waals surface area contributed by atoms with Crippen LogP contribution in [0.3, 0.4) is 0 Å². The number of rotatable bonds is 1. The van der Waals surface area contributed by atoms with Crippen molar-refractivity contribution in [1.82, 2.24) is 14.8 Å². The van der Waals surface area contributed by atoms with Crippen molar-refractivity contribution in [1.29, 1.82) is 0 Å². The molecule has 2 aromatic rings. The van der Waals surface area contributed by atoms with Crippen LogP contribution in [0.1, 0.15) is 10.4 Å². The smallest absolute Gasteiger partial charge is 0.254 e. The number of likely N-dealkylation sites (N-methyl/N-ethyl adjacent to an activating group) is 1. The predicted molar refractivity (Wildman–Crippen MR) is 73.2 cm³/mol. The third-order valence-corrected chi connectivity index (χ3v) is 4.13. The maximum Gasteiger partial charge on any atom is 0.254 e. The van der Waals surface area contributed by atoms with Crippen LogP contribution >= 0.6 is 11.3 Å². The molecule has 3 rings (SSSR count). The van der Waals surface area contributed by atoms with Gasteiger partial charge in [-0.2, -0.15) is 0 Å². The van der Waals surface area contributed by atoms with Gasteiger partial charge in [0.2, 0.25) is 5.91 Å². The van der Waals surface area contributed by atoms with Crippen molar-refractivity contribution in [3.8, 4) is 0 Å². The molecule has 1 saturated heterocycles. The lowest BCUT2D eigenvalue weighted by molar-refractivity contribution is -0.133. The van der Waals surface area contributed by atoms with E-state index in [4.69, 9.17) is 0 Å². The number of benzene rings is 1. The zero-order valence-electron chi connectivity index (χ0n) is 10.5. The molecule has 0 bridgehead atoms. The molecule has 0 N–H and O–H groups in total. The number of hydrogen-bond acceptors (Lipinski definition) is 4. The third kappa shape index (κ3) is 2.19. The van der Waals surface area contributed by atoms with Gasteiger partial charge < -0.3 is 9.80 Å². The van der Waals surface area contributed by atoms with E-state index in [9.17, 15) is 9.59 Å². The topological polar surface area (TPSA) is 53.5 Å². The lowest BCUT2D eigenvalue weighted by Gasteiger charge is -2.32. The molecule has 2 amide bonds. The summed E-state index contributed by atoms with van der Waals surface area (Å²) in [5.41, 5.74) is 3.19. The molecule has 1 aromatic carbocycles. The molecule has 0 atom stereocenters. The molecule has 6 heteroatoms. The molecular formula is C13H13N3O2S. The standard InChI is InChI=1S/C13H13N3O2S/c1-15-4-5-16(7-12(15)17)13(18)9-2-3-11-10(6-9)14-8-19-11/h2-3,6,8H,4-5,7H2,1H3. The Hall–Kier alpha value is -1.95. The Morgan fingerprint density at radius 2 is 2.21 bits per heavy atom. The molecule has 0 saturated carbocycles. The molecule has 0 unspecified atom stereocenters. The summed E-state index contributed by atoms with van der Waals surface area (Å²) in [6, 6.07) is 5.49. The van der Waals surface area contributed by atoms with E-state index in [0.29, 0.717) is 18.7 Å². The van der Waals surface area contributed by atoms with Crippen molar-refractivity contribution in [2.24, 2.45) is 0 Å². The highest BCUT2D eigenvalue weighted by Gasteiger charge is 2.25. The van der Waals surface area contributed by atoms with Crippen LogP contribution in [0.2, 0.25) is 0 Å². The molecule has 2 heterocycles. The van der Waals surface area contributed by atoms with E-state index < -0.39 is 0 Å². The van der Waals surface area contributed by atoms with Crippen LogP contribution in [0, 0.1) is 0 Å². The monoisotopic (exact) mass is 275 g/mol. The fourth-order valence-corrected chi connectivity index (χ4v) is 2.76. The molecule has 0 radical (unpaired) electrons. The summed E-state index contributed by atoms with van der Waals surface area (Å²) < 4.78 is 1.06. The molecule has 5 nitrogen and oxygen atoms in total. The SMILES string of the molecule is CN1CCN(C(=O)c2ccc3scnc3c2)CC1=O. The summed E-state index contributed by atoms with van der Waals surface area (Å²) in [6.07, 6.45) is 0. The number of carbonyl (C=O) groups is 2.